The molecule has 1 N–H and O–H groups in total. The Balaban J connectivity index is 0.000000686. The quantitative estimate of drug-likeness (QED) is 0.793. The third-order valence-corrected chi connectivity index (χ3v) is 4.04. The smallest absolute Gasteiger partial charge is 0.0223 e. The van der Waals surface area contributed by atoms with E-state index in [1.165, 1.54) is 52.0 Å². The first-order valence-corrected chi connectivity index (χ1v) is 7.35. The van der Waals surface area contributed by atoms with Gasteiger partial charge in [0.2, 0.25) is 0 Å². The van der Waals surface area contributed by atoms with Crippen LogP contribution in [0.2, 0.25) is 0 Å². The fourth-order valence-electron chi connectivity index (χ4n) is 2.86. The van der Waals surface area contributed by atoms with Gasteiger partial charge in [0.25, 0.3) is 0 Å². The zero-order valence-corrected chi connectivity index (χ0v) is 12.2. The Kier molecular flexibility index (Phi) is 7.09. The van der Waals surface area contributed by atoms with Crippen molar-refractivity contribution in [3.8, 4) is 0 Å². The van der Waals surface area contributed by atoms with Crippen LogP contribution < -0.4 is 5.32 Å². The highest BCUT2D eigenvalue weighted by atomic mass is 15.3. The van der Waals surface area contributed by atoms with Crippen LogP contribution >= 0.6 is 0 Å². The molecule has 17 heavy (non-hydrogen) atoms. The molecule has 2 aliphatic heterocycles. The minimum absolute atomic E-state index is 0.798. The van der Waals surface area contributed by atoms with E-state index in [1.807, 2.05) is 13.8 Å². The summed E-state index contributed by atoms with van der Waals surface area (Å²) in [4.78, 5) is 5.04. The van der Waals surface area contributed by atoms with Crippen molar-refractivity contribution >= 4 is 0 Å². The monoisotopic (exact) mass is 241 g/mol. The van der Waals surface area contributed by atoms with E-state index in [0.717, 1.165) is 12.0 Å². The number of hydrogen-bond donors (Lipinski definition) is 1. The zero-order chi connectivity index (χ0) is 12.7. The summed E-state index contributed by atoms with van der Waals surface area (Å²) in [6.07, 6.45) is 4.17. The number of nitrogens with zero attached hydrogens (tertiary/aromatic N) is 2. The average molecular weight is 241 g/mol. The molecular weight excluding hydrogens is 210 g/mol. The molecule has 2 rings (SSSR count). The third kappa shape index (κ3) is 4.94. The Hall–Kier alpha value is -0.120. The third-order valence-electron chi connectivity index (χ3n) is 4.04. The highest BCUT2D eigenvalue weighted by Gasteiger charge is 2.25. The van der Waals surface area contributed by atoms with Gasteiger partial charge in [-0.2, -0.15) is 0 Å². The first kappa shape index (κ1) is 14.9. The number of hydrogen-bond acceptors (Lipinski definition) is 3. The second-order valence-electron chi connectivity index (χ2n) is 5.33. The van der Waals surface area contributed by atoms with E-state index in [-0.39, 0.29) is 0 Å². The van der Waals surface area contributed by atoms with Crippen LogP contribution in [0, 0.1) is 5.92 Å². The van der Waals surface area contributed by atoms with E-state index >= 15 is 0 Å². The Labute approximate surface area is 108 Å². The van der Waals surface area contributed by atoms with Gasteiger partial charge in [0.05, 0.1) is 0 Å². The van der Waals surface area contributed by atoms with E-state index in [0.29, 0.717) is 0 Å². The summed E-state index contributed by atoms with van der Waals surface area (Å²) >= 11 is 0. The van der Waals surface area contributed by atoms with Crippen molar-refractivity contribution in [2.75, 3.05) is 46.8 Å². The van der Waals surface area contributed by atoms with Gasteiger partial charge in [0.15, 0.2) is 0 Å². The van der Waals surface area contributed by atoms with Gasteiger partial charge in [-0.25, -0.2) is 0 Å². The van der Waals surface area contributed by atoms with Crippen LogP contribution in [0.1, 0.15) is 33.1 Å². The Morgan fingerprint density at radius 1 is 1.06 bits per heavy atom. The second kappa shape index (κ2) is 8.06. The number of piperidine rings is 1. The largest absolute Gasteiger partial charge is 0.317 e. The predicted octanol–water partition coefficient (Wildman–Crippen LogP) is 1.65. The lowest BCUT2D eigenvalue weighted by atomic mass is 9.90. The standard InChI is InChI=1S/C12H25N3.C2H6/c1-14-7-8-15(2)12(10-14)9-11-3-5-13-6-4-11;1-2/h11-13H,3-10H2,1-2H3;1-2H3. The molecule has 0 radical (unpaired) electrons. The lowest BCUT2D eigenvalue weighted by Gasteiger charge is -2.40. The SMILES string of the molecule is CC.CN1CCN(C)C(CC2CCNCC2)C1. The zero-order valence-electron chi connectivity index (χ0n) is 12.2. The number of rotatable bonds is 2. The first-order chi connectivity index (χ1) is 8.25. The van der Waals surface area contributed by atoms with E-state index in [9.17, 15) is 0 Å². The van der Waals surface area contributed by atoms with Crippen molar-refractivity contribution in [3.05, 3.63) is 0 Å². The minimum Gasteiger partial charge on any atom is -0.317 e. The van der Waals surface area contributed by atoms with Gasteiger partial charge in [-0.15, -0.1) is 0 Å². The highest BCUT2D eigenvalue weighted by molar-refractivity contribution is 4.82. The number of likely N-dealkylation sites (N-methyl/N-ethyl adjacent to an activating group) is 2. The fourth-order valence-corrected chi connectivity index (χ4v) is 2.86. The summed E-state index contributed by atoms with van der Waals surface area (Å²) in [6, 6.07) is 0.798. The summed E-state index contributed by atoms with van der Waals surface area (Å²) in [6.45, 7) is 10.2. The van der Waals surface area contributed by atoms with Gasteiger partial charge in [-0.3, -0.25) is 0 Å². The van der Waals surface area contributed by atoms with Crippen molar-refractivity contribution in [2.24, 2.45) is 5.92 Å². The fraction of sp³-hybridized carbons (Fsp3) is 1.00. The molecule has 0 bridgehead atoms. The topological polar surface area (TPSA) is 18.5 Å². The van der Waals surface area contributed by atoms with Gasteiger partial charge in [0, 0.05) is 25.7 Å². The van der Waals surface area contributed by atoms with E-state index in [4.69, 9.17) is 0 Å². The predicted molar refractivity (Wildman–Crippen MR) is 75.5 cm³/mol. The molecule has 0 spiro atoms. The van der Waals surface area contributed by atoms with E-state index < -0.39 is 0 Å². The Morgan fingerprint density at radius 2 is 1.71 bits per heavy atom. The average Bonchev–Trinajstić information content (AvgIpc) is 2.38. The summed E-state index contributed by atoms with van der Waals surface area (Å²) in [5.41, 5.74) is 0. The number of nitrogens with one attached hydrogen (secondary N) is 1. The molecule has 0 saturated carbocycles. The van der Waals surface area contributed by atoms with Crippen LogP contribution in [0.25, 0.3) is 0 Å². The van der Waals surface area contributed by atoms with Crippen molar-refractivity contribution in [3.63, 3.8) is 0 Å². The molecule has 0 amide bonds. The molecule has 102 valence electrons. The van der Waals surface area contributed by atoms with Crippen LogP contribution in [0.3, 0.4) is 0 Å². The van der Waals surface area contributed by atoms with Crippen LogP contribution in [0.4, 0.5) is 0 Å². The van der Waals surface area contributed by atoms with Crippen LogP contribution in [-0.2, 0) is 0 Å². The first-order valence-electron chi connectivity index (χ1n) is 7.35. The normalized spacial score (nSPS) is 28.6. The lowest BCUT2D eigenvalue weighted by Crippen LogP contribution is -2.50. The van der Waals surface area contributed by atoms with Crippen molar-refractivity contribution in [2.45, 2.75) is 39.2 Å². The summed E-state index contributed by atoms with van der Waals surface area (Å²) in [5.74, 6) is 0.963. The Morgan fingerprint density at radius 3 is 2.35 bits per heavy atom. The van der Waals surface area contributed by atoms with Gasteiger partial charge < -0.3 is 15.1 Å². The maximum absolute atomic E-state index is 3.45. The summed E-state index contributed by atoms with van der Waals surface area (Å²) in [5, 5.41) is 3.45. The minimum atomic E-state index is 0.798. The van der Waals surface area contributed by atoms with Gasteiger partial charge in [0.1, 0.15) is 0 Å². The molecule has 1 unspecified atom stereocenters. The van der Waals surface area contributed by atoms with E-state index in [2.05, 4.69) is 29.2 Å². The molecule has 0 aromatic carbocycles. The molecular formula is C14H31N3. The number of piperazine rings is 1. The molecule has 1 atom stereocenters. The molecule has 0 aliphatic carbocycles. The molecule has 3 heteroatoms. The van der Waals surface area contributed by atoms with Crippen molar-refractivity contribution in [1.82, 2.24) is 15.1 Å². The molecule has 2 saturated heterocycles. The maximum atomic E-state index is 3.45. The molecule has 0 aromatic rings. The second-order valence-corrected chi connectivity index (χ2v) is 5.33. The highest BCUT2D eigenvalue weighted by Crippen LogP contribution is 2.21. The summed E-state index contributed by atoms with van der Waals surface area (Å²) < 4.78 is 0. The Bertz CT molecular complexity index is 190. The van der Waals surface area contributed by atoms with Crippen LogP contribution in [0.15, 0.2) is 0 Å². The van der Waals surface area contributed by atoms with Crippen molar-refractivity contribution in [1.29, 1.82) is 0 Å². The summed E-state index contributed by atoms with van der Waals surface area (Å²) in [7, 11) is 4.54. The van der Waals surface area contributed by atoms with Crippen LogP contribution in [0.5, 0.6) is 0 Å². The molecule has 3 nitrogen and oxygen atoms in total. The van der Waals surface area contributed by atoms with Crippen molar-refractivity contribution < 1.29 is 0 Å². The molecule has 2 heterocycles. The van der Waals surface area contributed by atoms with E-state index in [1.54, 1.807) is 0 Å². The van der Waals surface area contributed by atoms with Gasteiger partial charge in [-0.1, -0.05) is 13.8 Å². The van der Waals surface area contributed by atoms with Gasteiger partial charge in [-0.05, 0) is 52.4 Å². The van der Waals surface area contributed by atoms with Crippen LogP contribution in [-0.4, -0.2) is 62.7 Å². The lowest BCUT2D eigenvalue weighted by molar-refractivity contribution is 0.0923. The van der Waals surface area contributed by atoms with Gasteiger partial charge >= 0.3 is 0 Å². The molecule has 2 aliphatic rings. The molecule has 0 aromatic heterocycles. The maximum Gasteiger partial charge on any atom is 0.0223 e. The molecule has 2 fully saturated rings.